The third-order valence-electron chi connectivity index (χ3n) is 5.17. The summed E-state index contributed by atoms with van der Waals surface area (Å²) in [7, 11) is 1.80. The van der Waals surface area contributed by atoms with E-state index in [2.05, 4.69) is 11.1 Å². The van der Waals surface area contributed by atoms with Gasteiger partial charge in [-0.05, 0) is 36.2 Å². The Balaban J connectivity index is 1.76. The van der Waals surface area contributed by atoms with E-state index in [1.54, 1.807) is 36.2 Å². The number of aryl methyl sites for hydroxylation is 1. The van der Waals surface area contributed by atoms with E-state index in [1.807, 2.05) is 32.0 Å². The Kier molecular flexibility index (Phi) is 5.97. The van der Waals surface area contributed by atoms with Gasteiger partial charge in [-0.25, -0.2) is 0 Å². The summed E-state index contributed by atoms with van der Waals surface area (Å²) in [4.78, 5) is 31.3. The summed E-state index contributed by atoms with van der Waals surface area (Å²) in [5.74, 6) is 0.872. The number of pyridine rings is 1. The molecule has 2 amide bonds. The van der Waals surface area contributed by atoms with E-state index >= 15 is 0 Å². The number of hydrogen-bond donors (Lipinski definition) is 0. The van der Waals surface area contributed by atoms with Crippen molar-refractivity contribution in [2.75, 3.05) is 25.0 Å². The minimum absolute atomic E-state index is 0.00114. The zero-order chi connectivity index (χ0) is 20.3. The molecular formula is C22H27N3O3. The van der Waals surface area contributed by atoms with Gasteiger partial charge in [-0.15, -0.1) is 0 Å². The summed E-state index contributed by atoms with van der Waals surface area (Å²) >= 11 is 0. The quantitative estimate of drug-likeness (QED) is 0.796. The van der Waals surface area contributed by atoms with Gasteiger partial charge in [0.25, 0.3) is 0 Å². The highest BCUT2D eigenvalue weighted by Gasteiger charge is 2.25. The van der Waals surface area contributed by atoms with Gasteiger partial charge in [0.15, 0.2) is 0 Å². The van der Waals surface area contributed by atoms with Crippen molar-refractivity contribution in [1.29, 1.82) is 0 Å². The maximum absolute atomic E-state index is 12.0. The third-order valence-corrected chi connectivity index (χ3v) is 5.17. The molecule has 1 atom stereocenters. The van der Waals surface area contributed by atoms with Gasteiger partial charge in [0.2, 0.25) is 11.8 Å². The number of nitrogens with zero attached hydrogens (tertiary/aromatic N) is 3. The highest BCUT2D eigenvalue weighted by molar-refractivity contribution is 5.93. The smallest absolute Gasteiger partial charge is 0.226 e. The number of hydrogen-bond acceptors (Lipinski definition) is 4. The van der Waals surface area contributed by atoms with Crippen molar-refractivity contribution in [3.05, 3.63) is 42.2 Å². The summed E-state index contributed by atoms with van der Waals surface area (Å²) in [5, 5.41) is 0. The van der Waals surface area contributed by atoms with Gasteiger partial charge < -0.3 is 14.5 Å². The first-order valence-electron chi connectivity index (χ1n) is 9.63. The molecule has 148 valence electrons. The van der Waals surface area contributed by atoms with Gasteiger partial charge in [-0.3, -0.25) is 14.6 Å². The molecule has 1 aliphatic rings. The number of likely N-dealkylation sites (tertiary alicyclic amines) is 1. The van der Waals surface area contributed by atoms with Crippen LogP contribution in [0, 0.1) is 6.92 Å². The van der Waals surface area contributed by atoms with Crippen LogP contribution in [-0.4, -0.2) is 47.9 Å². The summed E-state index contributed by atoms with van der Waals surface area (Å²) in [6.07, 6.45) is 4.81. The molecular weight excluding hydrogens is 354 g/mol. The number of amides is 2. The molecule has 2 heterocycles. The summed E-state index contributed by atoms with van der Waals surface area (Å²) in [6.45, 7) is 6.80. The molecule has 2 aromatic rings. The van der Waals surface area contributed by atoms with Crippen LogP contribution in [0.15, 0.2) is 36.7 Å². The second-order valence-corrected chi connectivity index (χ2v) is 7.21. The monoisotopic (exact) mass is 381 g/mol. The summed E-state index contributed by atoms with van der Waals surface area (Å²) in [6, 6.07) is 7.99. The van der Waals surface area contributed by atoms with Gasteiger partial charge in [-0.1, -0.05) is 13.0 Å². The van der Waals surface area contributed by atoms with Crippen LogP contribution in [0.5, 0.6) is 5.75 Å². The molecule has 1 fully saturated rings. The van der Waals surface area contributed by atoms with Crippen molar-refractivity contribution in [2.45, 2.75) is 39.7 Å². The van der Waals surface area contributed by atoms with Gasteiger partial charge in [-0.2, -0.15) is 0 Å². The molecule has 0 spiro atoms. The average molecular weight is 381 g/mol. The van der Waals surface area contributed by atoms with E-state index in [-0.39, 0.29) is 17.9 Å². The van der Waals surface area contributed by atoms with Gasteiger partial charge in [0.1, 0.15) is 11.9 Å². The lowest BCUT2D eigenvalue weighted by Crippen LogP contribution is -2.28. The fourth-order valence-corrected chi connectivity index (χ4v) is 3.53. The fraction of sp³-hybridized carbons (Fsp3) is 0.409. The Morgan fingerprint density at radius 1 is 1.25 bits per heavy atom. The fourth-order valence-electron chi connectivity index (χ4n) is 3.53. The number of benzene rings is 1. The molecule has 0 unspecified atom stereocenters. The zero-order valence-corrected chi connectivity index (χ0v) is 16.9. The van der Waals surface area contributed by atoms with Crippen molar-refractivity contribution in [3.63, 3.8) is 0 Å². The highest BCUT2D eigenvalue weighted by atomic mass is 16.5. The second kappa shape index (κ2) is 8.42. The number of carbonyl (C=O) groups is 2. The van der Waals surface area contributed by atoms with Crippen molar-refractivity contribution >= 4 is 17.5 Å². The minimum Gasteiger partial charge on any atom is -0.487 e. The van der Waals surface area contributed by atoms with Crippen LogP contribution in [-0.2, 0) is 9.59 Å². The van der Waals surface area contributed by atoms with Crippen LogP contribution < -0.4 is 9.64 Å². The van der Waals surface area contributed by atoms with E-state index in [0.717, 1.165) is 35.3 Å². The first-order chi connectivity index (χ1) is 13.4. The molecule has 1 aliphatic heterocycles. The van der Waals surface area contributed by atoms with Crippen molar-refractivity contribution in [1.82, 2.24) is 9.88 Å². The highest BCUT2D eigenvalue weighted by Crippen LogP contribution is 2.29. The van der Waals surface area contributed by atoms with E-state index in [0.29, 0.717) is 18.7 Å². The number of anilines is 1. The zero-order valence-electron chi connectivity index (χ0n) is 16.9. The maximum Gasteiger partial charge on any atom is 0.226 e. The normalized spacial score (nSPS) is 16.1. The first kappa shape index (κ1) is 19.9. The van der Waals surface area contributed by atoms with Crippen LogP contribution in [0.3, 0.4) is 0 Å². The molecule has 1 aromatic heterocycles. The van der Waals surface area contributed by atoms with Crippen LogP contribution >= 0.6 is 0 Å². The predicted molar refractivity (Wildman–Crippen MR) is 109 cm³/mol. The molecule has 0 saturated carbocycles. The van der Waals surface area contributed by atoms with Crippen molar-refractivity contribution in [3.8, 4) is 16.9 Å². The molecule has 1 aromatic carbocycles. The Labute approximate surface area is 166 Å². The van der Waals surface area contributed by atoms with E-state index < -0.39 is 0 Å². The number of carbonyl (C=O) groups excluding carboxylic acids is 2. The molecule has 6 nitrogen and oxygen atoms in total. The lowest BCUT2D eigenvalue weighted by atomic mass is 10.0. The Hall–Kier alpha value is -2.89. The first-order valence-corrected chi connectivity index (χ1v) is 9.63. The minimum atomic E-state index is -0.00114. The Morgan fingerprint density at radius 3 is 2.68 bits per heavy atom. The second-order valence-electron chi connectivity index (χ2n) is 7.21. The third kappa shape index (κ3) is 4.32. The van der Waals surface area contributed by atoms with Gasteiger partial charge in [0.05, 0.1) is 12.7 Å². The topological polar surface area (TPSA) is 62.7 Å². The Bertz CT molecular complexity index is 881. The van der Waals surface area contributed by atoms with Crippen molar-refractivity contribution in [2.24, 2.45) is 0 Å². The SMILES string of the molecule is CCC(=O)N(C)c1ccc(-c2cncc(O[C@H]3CCN(C(C)=O)C3)c2)cc1C. The molecule has 0 N–H and O–H groups in total. The summed E-state index contributed by atoms with van der Waals surface area (Å²) in [5.41, 5.74) is 3.92. The van der Waals surface area contributed by atoms with E-state index in [4.69, 9.17) is 4.74 Å². The number of rotatable bonds is 5. The van der Waals surface area contributed by atoms with E-state index in [1.165, 1.54) is 0 Å². The largest absolute Gasteiger partial charge is 0.487 e. The number of aromatic nitrogens is 1. The van der Waals surface area contributed by atoms with E-state index in [9.17, 15) is 9.59 Å². The van der Waals surface area contributed by atoms with Crippen LogP contribution in [0.25, 0.3) is 11.1 Å². The molecule has 6 heteroatoms. The standard InChI is InChI=1S/C22H27N3O3/c1-5-22(27)24(4)21-7-6-17(10-15(21)2)18-11-20(13-23-12-18)28-19-8-9-25(14-19)16(3)26/h6-7,10-13,19H,5,8-9,14H2,1-4H3/t19-/m0/s1. The maximum atomic E-state index is 12.0. The van der Waals surface area contributed by atoms with Crippen LogP contribution in [0.2, 0.25) is 0 Å². The lowest BCUT2D eigenvalue weighted by molar-refractivity contribution is -0.128. The average Bonchev–Trinajstić information content (AvgIpc) is 3.15. The number of ether oxygens (including phenoxy) is 1. The predicted octanol–water partition coefficient (Wildman–Crippen LogP) is 3.43. The molecule has 0 bridgehead atoms. The van der Waals surface area contributed by atoms with Gasteiger partial charge in [0, 0.05) is 50.8 Å². The molecule has 1 saturated heterocycles. The molecule has 0 aliphatic carbocycles. The molecule has 3 rings (SSSR count). The van der Waals surface area contributed by atoms with Crippen LogP contribution in [0.1, 0.15) is 32.3 Å². The van der Waals surface area contributed by atoms with Crippen molar-refractivity contribution < 1.29 is 14.3 Å². The van der Waals surface area contributed by atoms with Gasteiger partial charge >= 0.3 is 0 Å². The summed E-state index contributed by atoms with van der Waals surface area (Å²) < 4.78 is 6.05. The van der Waals surface area contributed by atoms with Crippen LogP contribution in [0.4, 0.5) is 5.69 Å². The Morgan fingerprint density at radius 2 is 2.04 bits per heavy atom. The molecule has 0 radical (unpaired) electrons. The lowest BCUT2D eigenvalue weighted by Gasteiger charge is -2.20. The molecule has 28 heavy (non-hydrogen) atoms.